The molecule has 0 bridgehead atoms. The Morgan fingerprint density at radius 3 is 1.67 bits per heavy atom. The van der Waals surface area contributed by atoms with Gasteiger partial charge in [-0.15, -0.1) is 9.46 Å². The summed E-state index contributed by atoms with van der Waals surface area (Å²) in [6.07, 6.45) is 0. The van der Waals surface area contributed by atoms with E-state index in [1.54, 1.807) is 0 Å². The molecule has 0 radical (unpaired) electrons. The Hall–Kier alpha value is -3.64. The molecular weight excluding hydrogens is 396 g/mol. The minimum Gasteiger partial charge on any atom is -0.425 e. The molecule has 2 amide bonds. The molecule has 2 heterocycles. The predicted molar refractivity (Wildman–Crippen MR) is 106 cm³/mol. The molecule has 0 aliphatic rings. The van der Waals surface area contributed by atoms with E-state index in [1.807, 2.05) is 4.90 Å². The molecule has 0 aromatic carbocycles. The van der Waals surface area contributed by atoms with Gasteiger partial charge >= 0.3 is 0 Å². The first-order valence-electron chi connectivity index (χ1n) is 9.16. The Bertz CT molecular complexity index is 924. The molecule has 12 heteroatoms. The number of nitrogens with zero attached hydrogens (tertiary/aromatic N) is 3. The highest BCUT2D eigenvalue weighted by atomic mass is 16.5. The second-order valence-electron chi connectivity index (χ2n) is 6.26. The van der Waals surface area contributed by atoms with Crippen molar-refractivity contribution in [1.29, 1.82) is 0 Å². The normalized spacial score (nSPS) is 10.7. The molecule has 0 aliphatic carbocycles. The number of aromatic nitrogens is 2. The molecule has 0 atom stereocenters. The Kier molecular flexibility index (Phi) is 8.14. The molecule has 0 saturated carbocycles. The fourth-order valence-corrected chi connectivity index (χ4v) is 2.66. The van der Waals surface area contributed by atoms with Gasteiger partial charge in [0.05, 0.1) is 0 Å². The van der Waals surface area contributed by atoms with Crippen molar-refractivity contribution in [2.24, 2.45) is 5.73 Å². The first kappa shape index (κ1) is 22.6. The summed E-state index contributed by atoms with van der Waals surface area (Å²) in [7, 11) is 0. The zero-order valence-electron chi connectivity index (χ0n) is 16.2. The van der Waals surface area contributed by atoms with Crippen LogP contribution in [0.1, 0.15) is 21.0 Å². The maximum Gasteiger partial charge on any atom is 0.283 e. The van der Waals surface area contributed by atoms with Crippen LogP contribution in [0.5, 0.6) is 0 Å². The molecule has 0 spiro atoms. The molecule has 162 valence electrons. The number of nitrogens with one attached hydrogen (secondary N) is 2. The van der Waals surface area contributed by atoms with Gasteiger partial charge in [0.1, 0.15) is 11.4 Å². The topological polar surface area (TPSA) is 172 Å². The largest absolute Gasteiger partial charge is 0.425 e. The van der Waals surface area contributed by atoms with Crippen molar-refractivity contribution in [3.63, 3.8) is 0 Å². The monoisotopic (exact) mass is 420 g/mol. The van der Waals surface area contributed by atoms with Gasteiger partial charge in [-0.3, -0.25) is 24.1 Å². The van der Waals surface area contributed by atoms with E-state index in [2.05, 4.69) is 10.6 Å². The third-order valence-corrected chi connectivity index (χ3v) is 4.20. The fraction of sp³-hybridized carbons (Fsp3) is 0.333. The van der Waals surface area contributed by atoms with Gasteiger partial charge in [0.15, 0.2) is 0 Å². The summed E-state index contributed by atoms with van der Waals surface area (Å²) in [5.74, 6) is -1.22. The first-order valence-corrected chi connectivity index (χ1v) is 9.16. The lowest BCUT2D eigenvalue weighted by Crippen LogP contribution is -2.42. The van der Waals surface area contributed by atoms with Gasteiger partial charge in [-0.2, -0.15) is 0 Å². The number of carbonyl (C=O) groups is 2. The highest BCUT2D eigenvalue weighted by molar-refractivity contribution is 5.92. The molecule has 0 aliphatic heterocycles. The number of hydrogen-bond acceptors (Lipinski definition) is 8. The zero-order chi connectivity index (χ0) is 22.1. The van der Waals surface area contributed by atoms with Crippen molar-refractivity contribution in [3.8, 4) is 0 Å². The maximum atomic E-state index is 12.1. The average Bonchev–Trinajstić information content (AvgIpc) is 2.71. The summed E-state index contributed by atoms with van der Waals surface area (Å²) in [6.45, 7) is 2.08. The SMILES string of the molecule is NCCN(CCNC(=O)c1cccc(=O)n1O)CCNC(=O)c1cccc(=O)n1O. The third-order valence-electron chi connectivity index (χ3n) is 4.20. The van der Waals surface area contributed by atoms with Crippen molar-refractivity contribution < 1.29 is 20.0 Å². The lowest BCUT2D eigenvalue weighted by Gasteiger charge is -2.22. The van der Waals surface area contributed by atoms with Gasteiger partial charge in [0.25, 0.3) is 22.9 Å². The molecule has 0 saturated heterocycles. The Balaban J connectivity index is 1.83. The minimum absolute atomic E-state index is 0.182. The van der Waals surface area contributed by atoms with Crippen LogP contribution in [0.15, 0.2) is 46.0 Å². The van der Waals surface area contributed by atoms with Gasteiger partial charge in [-0.05, 0) is 12.1 Å². The smallest absolute Gasteiger partial charge is 0.283 e. The van der Waals surface area contributed by atoms with E-state index in [-0.39, 0.29) is 33.9 Å². The van der Waals surface area contributed by atoms with Crippen LogP contribution in [0.3, 0.4) is 0 Å². The van der Waals surface area contributed by atoms with E-state index < -0.39 is 22.9 Å². The van der Waals surface area contributed by atoms with Crippen molar-refractivity contribution >= 4 is 11.8 Å². The van der Waals surface area contributed by atoms with Gasteiger partial charge in [0, 0.05) is 51.4 Å². The van der Waals surface area contributed by atoms with Crippen molar-refractivity contribution in [3.05, 3.63) is 68.5 Å². The molecule has 12 nitrogen and oxygen atoms in total. The number of hydrogen-bond donors (Lipinski definition) is 5. The van der Waals surface area contributed by atoms with Crippen molar-refractivity contribution in [2.75, 3.05) is 39.3 Å². The number of rotatable bonds is 10. The second kappa shape index (κ2) is 10.8. The van der Waals surface area contributed by atoms with Crippen LogP contribution in [0.4, 0.5) is 0 Å². The Labute approximate surface area is 171 Å². The molecule has 2 rings (SSSR count). The van der Waals surface area contributed by atoms with E-state index in [0.717, 1.165) is 12.1 Å². The van der Waals surface area contributed by atoms with Gasteiger partial charge < -0.3 is 26.8 Å². The molecule has 2 aromatic rings. The lowest BCUT2D eigenvalue weighted by atomic mass is 10.3. The van der Waals surface area contributed by atoms with Crippen LogP contribution in [0.2, 0.25) is 0 Å². The van der Waals surface area contributed by atoms with E-state index in [1.165, 1.54) is 24.3 Å². The van der Waals surface area contributed by atoms with Gasteiger partial charge in [-0.1, -0.05) is 12.1 Å². The summed E-state index contributed by atoms with van der Waals surface area (Å²) in [4.78, 5) is 48.8. The van der Waals surface area contributed by atoms with Crippen LogP contribution < -0.4 is 27.5 Å². The molecule has 0 fully saturated rings. The molecule has 6 N–H and O–H groups in total. The van der Waals surface area contributed by atoms with Crippen LogP contribution >= 0.6 is 0 Å². The molecular formula is C18H24N6O6. The van der Waals surface area contributed by atoms with Gasteiger partial charge in [-0.25, -0.2) is 0 Å². The first-order chi connectivity index (χ1) is 14.3. The lowest BCUT2D eigenvalue weighted by molar-refractivity contribution is 0.0885. The Morgan fingerprint density at radius 1 is 0.833 bits per heavy atom. The van der Waals surface area contributed by atoms with Crippen LogP contribution in [0.25, 0.3) is 0 Å². The maximum absolute atomic E-state index is 12.1. The van der Waals surface area contributed by atoms with Crippen molar-refractivity contribution in [2.45, 2.75) is 0 Å². The van der Waals surface area contributed by atoms with Crippen LogP contribution in [-0.4, -0.2) is 75.9 Å². The predicted octanol–water partition coefficient (Wildman–Crippen LogP) is -2.09. The standard InChI is InChI=1S/C18H24N6O6/c19-7-10-22(11-8-20-17(27)13-3-1-5-15(25)23(13)29)12-9-21-18(28)14-4-2-6-16(26)24(14)30/h1-6,29-30H,7-12,19H2,(H,20,27)(H,21,28). The highest BCUT2D eigenvalue weighted by Crippen LogP contribution is 1.95. The minimum atomic E-state index is -0.713. The van der Waals surface area contributed by atoms with E-state index >= 15 is 0 Å². The van der Waals surface area contributed by atoms with Crippen LogP contribution in [-0.2, 0) is 0 Å². The number of carbonyl (C=O) groups excluding carboxylic acids is 2. The summed E-state index contributed by atoms with van der Waals surface area (Å²) < 4.78 is 0.541. The molecule has 0 unspecified atom stereocenters. The van der Waals surface area contributed by atoms with Gasteiger partial charge in [0.2, 0.25) is 0 Å². The number of amides is 2. The number of nitrogens with two attached hydrogens (primary N) is 1. The average molecular weight is 420 g/mol. The molecule has 2 aromatic heterocycles. The quantitative estimate of drug-likeness (QED) is 0.272. The molecule has 30 heavy (non-hydrogen) atoms. The third kappa shape index (κ3) is 5.93. The van der Waals surface area contributed by atoms with Crippen LogP contribution in [0, 0.1) is 0 Å². The summed E-state index contributed by atoms with van der Waals surface area (Å²) in [5.41, 5.74) is 3.80. The van der Waals surface area contributed by atoms with E-state index in [9.17, 15) is 29.6 Å². The Morgan fingerprint density at radius 2 is 1.27 bits per heavy atom. The van der Waals surface area contributed by atoms with E-state index in [4.69, 9.17) is 5.73 Å². The number of pyridine rings is 2. The van der Waals surface area contributed by atoms with E-state index in [0.29, 0.717) is 26.2 Å². The highest BCUT2D eigenvalue weighted by Gasteiger charge is 2.14. The second-order valence-corrected chi connectivity index (χ2v) is 6.26. The van der Waals surface area contributed by atoms with Crippen molar-refractivity contribution in [1.82, 2.24) is 25.0 Å². The summed E-state index contributed by atoms with van der Waals surface area (Å²) in [5, 5.41) is 24.4. The fourth-order valence-electron chi connectivity index (χ4n) is 2.66. The summed E-state index contributed by atoms with van der Waals surface area (Å²) >= 11 is 0. The summed E-state index contributed by atoms with van der Waals surface area (Å²) in [6, 6.07) is 7.61. The zero-order valence-corrected chi connectivity index (χ0v) is 16.2.